The third kappa shape index (κ3) is 7.94. The third-order valence-corrected chi connectivity index (χ3v) is 4.23. The van der Waals surface area contributed by atoms with E-state index in [0.717, 1.165) is 0 Å². The smallest absolute Gasteiger partial charge is 0.120 e. The second-order valence-corrected chi connectivity index (χ2v) is 6.29. The quantitative estimate of drug-likeness (QED) is 0.526. The molecule has 0 saturated heterocycles. The first kappa shape index (κ1) is 22.7. The van der Waals surface area contributed by atoms with E-state index in [4.69, 9.17) is 21.0 Å². The third-order valence-electron chi connectivity index (χ3n) is 4.23. The fourth-order valence-electron chi connectivity index (χ4n) is 2.77. The molecule has 8 nitrogen and oxygen atoms in total. The van der Waals surface area contributed by atoms with Crippen LogP contribution in [0.3, 0.4) is 0 Å². The predicted octanol–water partition coefficient (Wildman–Crippen LogP) is 2.36. The van der Waals surface area contributed by atoms with Crippen molar-refractivity contribution in [3.05, 3.63) is 23.3 Å². The number of hydrogen-bond donors (Lipinski definition) is 2. The molecule has 0 aliphatic rings. The van der Waals surface area contributed by atoms with Crippen LogP contribution < -0.4 is 0 Å². The normalized spacial score (nSPS) is 10.2. The maximum atomic E-state index is 10.4. The topological polar surface area (TPSA) is 142 Å². The van der Waals surface area contributed by atoms with Crippen molar-refractivity contribution in [3.8, 4) is 35.8 Å². The van der Waals surface area contributed by atoms with Crippen molar-refractivity contribution in [2.75, 3.05) is 26.2 Å². The molecule has 146 valence electrons. The molecule has 0 fully saturated rings. The van der Waals surface area contributed by atoms with E-state index >= 15 is 0 Å². The molecule has 0 radical (unpaired) electrons. The molecule has 1 aromatic carbocycles. The standard InChI is InChI=1S/C20H24N6O2/c21-5-1-9-25(10-2-6-22)15-17-13-20(28)18(14-19(17)27)16-26(11-3-7-23)12-4-8-24/h13-14,27-28H,1-4,9-12,15-16H2. The van der Waals surface area contributed by atoms with Crippen molar-refractivity contribution in [1.82, 2.24) is 9.80 Å². The molecule has 0 aliphatic heterocycles. The van der Waals surface area contributed by atoms with Crippen LogP contribution >= 0.6 is 0 Å². The van der Waals surface area contributed by atoms with E-state index in [1.54, 1.807) is 0 Å². The van der Waals surface area contributed by atoms with Gasteiger partial charge in [0, 0.05) is 76.1 Å². The van der Waals surface area contributed by atoms with Gasteiger partial charge in [-0.15, -0.1) is 0 Å². The van der Waals surface area contributed by atoms with Crippen LogP contribution in [0.25, 0.3) is 0 Å². The number of rotatable bonds is 12. The Morgan fingerprint density at radius 2 is 0.893 bits per heavy atom. The summed E-state index contributed by atoms with van der Waals surface area (Å²) in [5, 5.41) is 55.9. The van der Waals surface area contributed by atoms with Gasteiger partial charge in [0.2, 0.25) is 0 Å². The summed E-state index contributed by atoms with van der Waals surface area (Å²) < 4.78 is 0. The zero-order valence-electron chi connectivity index (χ0n) is 15.8. The highest BCUT2D eigenvalue weighted by atomic mass is 16.3. The van der Waals surface area contributed by atoms with Gasteiger partial charge in [-0.1, -0.05) is 0 Å². The van der Waals surface area contributed by atoms with Gasteiger partial charge in [0.25, 0.3) is 0 Å². The van der Waals surface area contributed by atoms with E-state index < -0.39 is 0 Å². The molecule has 0 bridgehead atoms. The summed E-state index contributed by atoms with van der Waals surface area (Å²) in [6.07, 6.45) is 1.23. The van der Waals surface area contributed by atoms with E-state index in [0.29, 0.717) is 76.1 Å². The summed E-state index contributed by atoms with van der Waals surface area (Å²) in [5.74, 6) is 0.0412. The average Bonchev–Trinajstić information content (AvgIpc) is 2.69. The largest absolute Gasteiger partial charge is 0.508 e. The van der Waals surface area contributed by atoms with Crippen molar-refractivity contribution in [3.63, 3.8) is 0 Å². The van der Waals surface area contributed by atoms with E-state index in [1.165, 1.54) is 12.1 Å². The van der Waals surface area contributed by atoms with E-state index in [1.807, 2.05) is 9.80 Å². The fraction of sp³-hybridized carbons (Fsp3) is 0.500. The Morgan fingerprint density at radius 1 is 0.607 bits per heavy atom. The Balaban J connectivity index is 2.92. The lowest BCUT2D eigenvalue weighted by Gasteiger charge is -2.23. The van der Waals surface area contributed by atoms with Crippen LogP contribution in [0.15, 0.2) is 12.1 Å². The van der Waals surface area contributed by atoms with Crippen LogP contribution in [0.2, 0.25) is 0 Å². The number of nitriles is 4. The second kappa shape index (κ2) is 13.0. The first-order valence-corrected chi connectivity index (χ1v) is 9.02. The molecule has 0 amide bonds. The highest BCUT2D eigenvalue weighted by Crippen LogP contribution is 2.29. The van der Waals surface area contributed by atoms with E-state index in [-0.39, 0.29) is 11.5 Å². The average molecular weight is 380 g/mol. The Morgan fingerprint density at radius 3 is 1.14 bits per heavy atom. The molecule has 8 heteroatoms. The zero-order valence-corrected chi connectivity index (χ0v) is 15.8. The molecule has 28 heavy (non-hydrogen) atoms. The van der Waals surface area contributed by atoms with Crippen LogP contribution in [0.5, 0.6) is 11.5 Å². The Kier molecular flexibility index (Phi) is 10.5. The van der Waals surface area contributed by atoms with Crippen LogP contribution in [-0.2, 0) is 13.1 Å². The molecule has 0 aromatic heterocycles. The lowest BCUT2D eigenvalue weighted by atomic mass is 10.1. The van der Waals surface area contributed by atoms with Gasteiger partial charge < -0.3 is 10.2 Å². The van der Waals surface area contributed by atoms with Gasteiger partial charge in [-0.25, -0.2) is 0 Å². The predicted molar refractivity (Wildman–Crippen MR) is 101 cm³/mol. The van der Waals surface area contributed by atoms with Gasteiger partial charge in [0.1, 0.15) is 11.5 Å². The van der Waals surface area contributed by atoms with Gasteiger partial charge in [0.15, 0.2) is 0 Å². The molecule has 2 N–H and O–H groups in total. The van der Waals surface area contributed by atoms with Gasteiger partial charge >= 0.3 is 0 Å². The highest BCUT2D eigenvalue weighted by Gasteiger charge is 2.15. The number of nitrogens with zero attached hydrogens (tertiary/aromatic N) is 6. The SMILES string of the molecule is N#CCCN(CCC#N)Cc1cc(O)c(CN(CCC#N)CCC#N)cc1O. The van der Waals surface area contributed by atoms with Crippen molar-refractivity contribution in [2.45, 2.75) is 38.8 Å². The fourth-order valence-corrected chi connectivity index (χ4v) is 2.77. The molecular formula is C20H24N6O2. The zero-order chi connectivity index (χ0) is 20.8. The Labute approximate surface area is 165 Å². The first-order valence-electron chi connectivity index (χ1n) is 9.02. The Hall–Kier alpha value is -3.30. The summed E-state index contributed by atoms with van der Waals surface area (Å²) in [6.45, 7) is 2.50. The van der Waals surface area contributed by atoms with Crippen molar-refractivity contribution < 1.29 is 10.2 Å². The second-order valence-electron chi connectivity index (χ2n) is 6.29. The molecule has 0 heterocycles. The molecule has 1 rings (SSSR count). The van der Waals surface area contributed by atoms with Gasteiger partial charge in [-0.05, 0) is 12.1 Å². The molecule has 0 atom stereocenters. The van der Waals surface area contributed by atoms with E-state index in [9.17, 15) is 10.2 Å². The monoisotopic (exact) mass is 380 g/mol. The lowest BCUT2D eigenvalue weighted by Crippen LogP contribution is -2.26. The molecule has 0 unspecified atom stereocenters. The Bertz CT molecular complexity index is 693. The number of aromatic hydroxyl groups is 2. The summed E-state index contributed by atoms with van der Waals surface area (Å²) >= 11 is 0. The molecule has 1 aromatic rings. The van der Waals surface area contributed by atoms with Crippen molar-refractivity contribution in [2.24, 2.45) is 0 Å². The van der Waals surface area contributed by atoms with Crippen LogP contribution in [0.1, 0.15) is 36.8 Å². The first-order chi connectivity index (χ1) is 13.5. The van der Waals surface area contributed by atoms with E-state index in [2.05, 4.69) is 24.3 Å². The maximum absolute atomic E-state index is 10.4. The van der Waals surface area contributed by atoms with Crippen LogP contribution in [0, 0.1) is 45.3 Å². The summed E-state index contributed by atoms with van der Waals surface area (Å²) in [7, 11) is 0. The molecular weight excluding hydrogens is 356 g/mol. The number of phenols is 2. The minimum Gasteiger partial charge on any atom is -0.508 e. The van der Waals surface area contributed by atoms with Crippen molar-refractivity contribution >= 4 is 0 Å². The molecule has 0 spiro atoms. The number of benzene rings is 1. The summed E-state index contributed by atoms with van der Waals surface area (Å²) in [6, 6.07) is 11.2. The minimum atomic E-state index is 0.0206. The number of phenolic OH excluding ortho intramolecular Hbond substituents is 2. The lowest BCUT2D eigenvalue weighted by molar-refractivity contribution is 0.268. The molecule has 0 aliphatic carbocycles. The van der Waals surface area contributed by atoms with Crippen LogP contribution in [-0.4, -0.2) is 46.2 Å². The molecule has 0 saturated carbocycles. The van der Waals surface area contributed by atoms with Crippen LogP contribution in [0.4, 0.5) is 0 Å². The summed E-state index contributed by atoms with van der Waals surface area (Å²) in [5.41, 5.74) is 1.02. The summed E-state index contributed by atoms with van der Waals surface area (Å²) in [4.78, 5) is 3.76. The van der Waals surface area contributed by atoms with Crippen molar-refractivity contribution in [1.29, 1.82) is 21.0 Å². The highest BCUT2D eigenvalue weighted by molar-refractivity contribution is 5.45. The van der Waals surface area contributed by atoms with Gasteiger partial charge in [-0.3, -0.25) is 9.80 Å². The maximum Gasteiger partial charge on any atom is 0.120 e. The minimum absolute atomic E-state index is 0.0206. The number of hydrogen-bond acceptors (Lipinski definition) is 8. The van der Waals surface area contributed by atoms with Gasteiger partial charge in [0.05, 0.1) is 24.3 Å². The van der Waals surface area contributed by atoms with Gasteiger partial charge in [-0.2, -0.15) is 21.0 Å².